The van der Waals surface area contributed by atoms with Crippen LogP contribution in [0.3, 0.4) is 0 Å². The molecule has 16 heteroatoms. The number of aliphatic hydroxyl groups is 1. The van der Waals surface area contributed by atoms with E-state index in [1.165, 1.54) is 6.42 Å². The summed E-state index contributed by atoms with van der Waals surface area (Å²) < 4.78 is 5.40. The minimum Gasteiger partial charge on any atom is -0.390 e. The topological polar surface area (TPSA) is 167 Å². The Morgan fingerprint density at radius 3 is 2.46 bits per heavy atom. The average molecular weight is 784 g/mol. The van der Waals surface area contributed by atoms with Crippen LogP contribution in [0.1, 0.15) is 64.5 Å². The van der Waals surface area contributed by atoms with Gasteiger partial charge in [-0.2, -0.15) is 10.1 Å². The zero-order valence-corrected chi connectivity index (χ0v) is 33.1. The standard InChI is InChI=1S/C40H50ClN11O4/c1-24-23-50(16-12-30(24)43-25-6-8-27-32(20-25)48(4)47-35(27)28-9-11-34(53)45-37(28)54)38-42-22-29(41)36(46-38)44-26-7-10-31-33(21-26)51(17-13-40(2,3)56)39(55)52(31)19-18-49-14-5-15-49/h6-8,10,20-22,24,28,30,43,56H,5,9,11-19,23H2,1-4H3,(H,42,44,46)(H,45,53,54)/t24-,28?,30-/m1/s1. The number of aryl methyl sites for hydroxylation is 2. The number of hydrogen-bond acceptors (Lipinski definition) is 11. The predicted molar refractivity (Wildman–Crippen MR) is 218 cm³/mol. The van der Waals surface area contributed by atoms with Crippen molar-refractivity contribution in [3.05, 3.63) is 63.8 Å². The van der Waals surface area contributed by atoms with Gasteiger partial charge in [-0.25, -0.2) is 9.78 Å². The lowest BCUT2D eigenvalue weighted by Gasteiger charge is -2.37. The van der Waals surface area contributed by atoms with Gasteiger partial charge < -0.3 is 25.5 Å². The van der Waals surface area contributed by atoms with Gasteiger partial charge in [0.25, 0.3) is 0 Å². The van der Waals surface area contributed by atoms with Gasteiger partial charge in [-0.15, -0.1) is 0 Å². The third-order valence-electron chi connectivity index (χ3n) is 11.5. The van der Waals surface area contributed by atoms with Gasteiger partial charge in [-0.3, -0.25) is 28.7 Å². The molecule has 2 amide bonds. The SMILES string of the molecule is C[C@@H]1CN(c2ncc(Cl)c(Nc3ccc4c(c3)n(CCC(C)(C)O)c(=O)n4CCN3CCC3)n2)CC[C@H]1Nc1ccc2c(C3CCC(=O)NC3=O)nn(C)c2c1. The van der Waals surface area contributed by atoms with Crippen LogP contribution in [0.25, 0.3) is 21.9 Å². The molecule has 15 nitrogen and oxygen atoms in total. The van der Waals surface area contributed by atoms with E-state index >= 15 is 0 Å². The third kappa shape index (κ3) is 7.71. The number of carbonyl (C=O) groups is 2. The Bertz CT molecular complexity index is 2360. The number of carbonyl (C=O) groups excluding carboxylic acids is 2. The molecule has 296 valence electrons. The summed E-state index contributed by atoms with van der Waals surface area (Å²) in [5.74, 6) is 0.351. The van der Waals surface area contributed by atoms with E-state index in [4.69, 9.17) is 16.6 Å². The van der Waals surface area contributed by atoms with Crippen LogP contribution in [0, 0.1) is 5.92 Å². The highest BCUT2D eigenvalue weighted by atomic mass is 35.5. The first-order valence-electron chi connectivity index (χ1n) is 19.6. The Kier molecular flexibility index (Phi) is 10.3. The predicted octanol–water partition coefficient (Wildman–Crippen LogP) is 4.59. The number of anilines is 4. The molecule has 3 fully saturated rings. The summed E-state index contributed by atoms with van der Waals surface area (Å²) in [6.45, 7) is 11.2. The molecule has 0 radical (unpaired) electrons. The second kappa shape index (κ2) is 15.2. The van der Waals surface area contributed by atoms with E-state index in [9.17, 15) is 19.5 Å². The van der Waals surface area contributed by atoms with Crippen LogP contribution in [-0.4, -0.2) is 95.1 Å². The van der Waals surface area contributed by atoms with Crippen LogP contribution in [0.15, 0.2) is 47.4 Å². The molecule has 0 spiro atoms. The first-order valence-corrected chi connectivity index (χ1v) is 20.0. The van der Waals surface area contributed by atoms with Gasteiger partial charge in [-0.1, -0.05) is 18.5 Å². The van der Waals surface area contributed by atoms with Gasteiger partial charge in [0.2, 0.25) is 17.8 Å². The van der Waals surface area contributed by atoms with E-state index < -0.39 is 11.5 Å². The van der Waals surface area contributed by atoms with E-state index in [-0.39, 0.29) is 29.5 Å². The van der Waals surface area contributed by atoms with Crippen LogP contribution >= 0.6 is 11.6 Å². The first-order chi connectivity index (χ1) is 26.8. The largest absolute Gasteiger partial charge is 0.390 e. The van der Waals surface area contributed by atoms with E-state index in [0.717, 1.165) is 72.5 Å². The molecule has 0 bridgehead atoms. The molecular weight excluding hydrogens is 734 g/mol. The molecule has 4 N–H and O–H groups in total. The Hall–Kier alpha value is -4.99. The fourth-order valence-corrected chi connectivity index (χ4v) is 8.28. The van der Waals surface area contributed by atoms with Gasteiger partial charge in [0.15, 0.2) is 5.82 Å². The van der Waals surface area contributed by atoms with Crippen LogP contribution in [0.5, 0.6) is 0 Å². The van der Waals surface area contributed by atoms with E-state index in [0.29, 0.717) is 54.8 Å². The number of likely N-dealkylation sites (tertiary alicyclic amines) is 1. The number of imide groups is 1. The minimum absolute atomic E-state index is 0.0762. The maximum Gasteiger partial charge on any atom is 0.329 e. The first kappa shape index (κ1) is 37.9. The van der Waals surface area contributed by atoms with Crippen molar-refractivity contribution in [3.63, 3.8) is 0 Å². The lowest BCUT2D eigenvalue weighted by molar-refractivity contribution is -0.134. The summed E-state index contributed by atoms with van der Waals surface area (Å²) in [4.78, 5) is 52.0. The fourth-order valence-electron chi connectivity index (χ4n) is 8.14. The molecule has 3 atom stereocenters. The Labute approximate surface area is 330 Å². The number of piperidine rings is 2. The van der Waals surface area contributed by atoms with Crippen LogP contribution in [-0.2, 0) is 29.7 Å². The van der Waals surface area contributed by atoms with E-state index in [1.807, 2.05) is 41.9 Å². The molecule has 6 heterocycles. The van der Waals surface area contributed by atoms with Gasteiger partial charge in [-0.05, 0) is 94.9 Å². The van der Waals surface area contributed by atoms with Crippen molar-refractivity contribution in [1.82, 2.24) is 39.1 Å². The molecule has 3 saturated heterocycles. The Morgan fingerprint density at radius 2 is 1.73 bits per heavy atom. The maximum absolute atomic E-state index is 13.7. The second-order valence-corrected chi connectivity index (χ2v) is 16.7. The lowest BCUT2D eigenvalue weighted by atomic mass is 9.92. The quantitative estimate of drug-likeness (QED) is 0.131. The summed E-state index contributed by atoms with van der Waals surface area (Å²) in [6, 6.07) is 12.2. The van der Waals surface area contributed by atoms with Gasteiger partial charge >= 0.3 is 5.69 Å². The smallest absolute Gasteiger partial charge is 0.329 e. The number of amides is 2. The number of aromatic nitrogens is 6. The number of nitrogens with zero attached hydrogens (tertiary/aromatic N) is 8. The van der Waals surface area contributed by atoms with Crippen molar-refractivity contribution in [2.45, 2.75) is 83.5 Å². The molecule has 1 unspecified atom stereocenters. The van der Waals surface area contributed by atoms with E-state index in [1.54, 1.807) is 29.3 Å². The number of rotatable bonds is 12. The monoisotopic (exact) mass is 783 g/mol. The molecule has 3 aliphatic rings. The molecular formula is C40H50ClN11O4. The van der Waals surface area contributed by atoms with Crippen molar-refractivity contribution in [2.75, 3.05) is 48.3 Å². The number of hydrogen-bond donors (Lipinski definition) is 4. The summed E-state index contributed by atoms with van der Waals surface area (Å²) in [6.07, 6.45) is 4.88. The third-order valence-corrected chi connectivity index (χ3v) is 11.8. The fraction of sp³-hybridized carbons (Fsp3) is 0.500. The van der Waals surface area contributed by atoms with Crippen molar-refractivity contribution in [1.29, 1.82) is 0 Å². The summed E-state index contributed by atoms with van der Waals surface area (Å²) in [5.41, 5.74) is 4.00. The van der Waals surface area contributed by atoms with Gasteiger partial charge in [0.05, 0.1) is 40.0 Å². The number of nitrogens with one attached hydrogen (secondary N) is 3. The van der Waals surface area contributed by atoms with Crippen molar-refractivity contribution < 1.29 is 14.7 Å². The maximum atomic E-state index is 13.7. The number of halogens is 1. The zero-order valence-electron chi connectivity index (χ0n) is 32.4. The minimum atomic E-state index is -0.909. The highest BCUT2D eigenvalue weighted by molar-refractivity contribution is 6.33. The number of benzene rings is 2. The number of fused-ring (bicyclic) bond motifs is 2. The molecule has 56 heavy (non-hydrogen) atoms. The second-order valence-electron chi connectivity index (χ2n) is 16.2. The Morgan fingerprint density at radius 1 is 0.964 bits per heavy atom. The molecule has 0 aliphatic carbocycles. The Balaban J connectivity index is 0.958. The lowest BCUT2D eigenvalue weighted by Crippen LogP contribution is -2.46. The summed E-state index contributed by atoms with van der Waals surface area (Å²) >= 11 is 6.66. The normalized spacial score (nSPS) is 20.8. The van der Waals surface area contributed by atoms with Crippen LogP contribution < -0.4 is 26.5 Å². The summed E-state index contributed by atoms with van der Waals surface area (Å²) in [7, 11) is 1.88. The average Bonchev–Trinajstić information content (AvgIpc) is 3.59. The molecule has 8 rings (SSSR count). The summed E-state index contributed by atoms with van der Waals surface area (Å²) in [5, 5.41) is 26.0. The van der Waals surface area contributed by atoms with Crippen molar-refractivity contribution in [3.8, 4) is 0 Å². The van der Waals surface area contributed by atoms with E-state index in [2.05, 4.69) is 48.8 Å². The molecule has 5 aromatic rings. The molecule has 0 saturated carbocycles. The van der Waals surface area contributed by atoms with Gasteiger partial charge in [0.1, 0.15) is 5.02 Å². The highest BCUT2D eigenvalue weighted by Gasteiger charge is 2.32. The number of imidazole rings is 1. The molecule has 3 aliphatic heterocycles. The van der Waals surface area contributed by atoms with Crippen LogP contribution in [0.2, 0.25) is 5.02 Å². The van der Waals surface area contributed by atoms with Gasteiger partial charge in [0, 0.05) is 69.0 Å². The van der Waals surface area contributed by atoms with Crippen molar-refractivity contribution in [2.24, 2.45) is 13.0 Å². The zero-order chi connectivity index (χ0) is 39.3. The van der Waals surface area contributed by atoms with Crippen LogP contribution in [0.4, 0.5) is 23.1 Å². The molecule has 2 aromatic carbocycles. The highest BCUT2D eigenvalue weighted by Crippen LogP contribution is 2.33. The molecule has 3 aromatic heterocycles. The van der Waals surface area contributed by atoms with Crippen molar-refractivity contribution >= 4 is 68.5 Å².